The number of aromatic amines is 1. The molecule has 2 aromatic heterocycles. The van der Waals surface area contributed by atoms with Crippen LogP contribution in [0.15, 0.2) is 29.1 Å². The number of hydrogen-bond donors (Lipinski definition) is 2. The first kappa shape index (κ1) is 16.0. The highest BCUT2D eigenvalue weighted by Crippen LogP contribution is 2.33. The van der Waals surface area contributed by atoms with Gasteiger partial charge in [0.05, 0.1) is 11.8 Å². The zero-order valence-electron chi connectivity index (χ0n) is 14.0. The van der Waals surface area contributed by atoms with Crippen molar-refractivity contribution in [2.45, 2.75) is 39.0 Å². The van der Waals surface area contributed by atoms with E-state index >= 15 is 0 Å². The fraction of sp³-hybridized carbons (Fsp3) is 0.316. The number of nitrogens with zero attached hydrogens (tertiary/aromatic N) is 1. The summed E-state index contributed by atoms with van der Waals surface area (Å²) in [6.45, 7) is 1.94. The number of aryl methyl sites for hydroxylation is 3. The van der Waals surface area contributed by atoms with Crippen molar-refractivity contribution in [3.8, 4) is 0 Å². The maximum absolute atomic E-state index is 12.5. The number of thiophene rings is 1. The largest absolute Gasteiger partial charge is 0.325 e. The van der Waals surface area contributed by atoms with Gasteiger partial charge in [0.2, 0.25) is 5.91 Å². The molecular weight excluding hydrogens is 334 g/mol. The summed E-state index contributed by atoms with van der Waals surface area (Å²) in [6, 6.07) is 7.61. The van der Waals surface area contributed by atoms with Crippen LogP contribution in [0.3, 0.4) is 0 Å². The van der Waals surface area contributed by atoms with E-state index in [0.717, 1.165) is 46.3 Å². The number of amides is 1. The lowest BCUT2D eigenvalue weighted by Crippen LogP contribution is -2.20. The van der Waals surface area contributed by atoms with Crippen molar-refractivity contribution in [1.82, 2.24) is 9.97 Å². The summed E-state index contributed by atoms with van der Waals surface area (Å²) >= 11 is 1.60. The van der Waals surface area contributed by atoms with Crippen LogP contribution in [0.25, 0.3) is 10.2 Å². The summed E-state index contributed by atoms with van der Waals surface area (Å²) in [5.41, 5.74) is 2.82. The molecule has 1 aliphatic rings. The van der Waals surface area contributed by atoms with Crippen LogP contribution >= 0.6 is 11.3 Å². The summed E-state index contributed by atoms with van der Waals surface area (Å²) in [6.07, 6.45) is 4.33. The number of para-hydroxylation sites is 1. The molecule has 0 spiro atoms. The average Bonchev–Trinajstić information content (AvgIpc) is 2.95. The molecule has 25 heavy (non-hydrogen) atoms. The maximum Gasteiger partial charge on any atom is 0.259 e. The number of hydrogen-bond acceptors (Lipinski definition) is 4. The Morgan fingerprint density at radius 3 is 2.92 bits per heavy atom. The second kappa shape index (κ2) is 6.44. The molecule has 5 nitrogen and oxygen atoms in total. The number of anilines is 1. The van der Waals surface area contributed by atoms with Gasteiger partial charge >= 0.3 is 0 Å². The van der Waals surface area contributed by atoms with Crippen LogP contribution in [-0.4, -0.2) is 15.9 Å². The Kier molecular flexibility index (Phi) is 4.13. The van der Waals surface area contributed by atoms with Crippen LogP contribution < -0.4 is 10.9 Å². The van der Waals surface area contributed by atoms with E-state index < -0.39 is 0 Å². The van der Waals surface area contributed by atoms with Gasteiger partial charge in [0.25, 0.3) is 5.56 Å². The van der Waals surface area contributed by atoms with E-state index in [0.29, 0.717) is 5.82 Å². The summed E-state index contributed by atoms with van der Waals surface area (Å²) in [4.78, 5) is 34.2. The Morgan fingerprint density at radius 1 is 1.28 bits per heavy atom. The summed E-state index contributed by atoms with van der Waals surface area (Å²) in [7, 11) is 0. The summed E-state index contributed by atoms with van der Waals surface area (Å²) in [5.74, 6) is 0.236. The quantitative estimate of drug-likeness (QED) is 0.758. The predicted molar refractivity (Wildman–Crippen MR) is 100 cm³/mol. The van der Waals surface area contributed by atoms with E-state index in [9.17, 15) is 9.59 Å². The third kappa shape index (κ3) is 3.09. The van der Waals surface area contributed by atoms with Crippen molar-refractivity contribution in [1.29, 1.82) is 0 Å². The van der Waals surface area contributed by atoms with Gasteiger partial charge in [0, 0.05) is 10.6 Å². The molecule has 0 saturated heterocycles. The third-order valence-electron chi connectivity index (χ3n) is 4.62. The molecule has 2 N–H and O–H groups in total. The summed E-state index contributed by atoms with van der Waals surface area (Å²) in [5, 5.41) is 3.60. The minimum atomic E-state index is -0.182. The zero-order valence-corrected chi connectivity index (χ0v) is 14.8. The smallest absolute Gasteiger partial charge is 0.259 e. The van der Waals surface area contributed by atoms with Gasteiger partial charge in [-0.25, -0.2) is 4.98 Å². The number of aromatic nitrogens is 2. The second-order valence-corrected chi connectivity index (χ2v) is 7.53. The molecule has 3 aromatic rings. The van der Waals surface area contributed by atoms with Crippen LogP contribution in [0.4, 0.5) is 5.69 Å². The van der Waals surface area contributed by atoms with Gasteiger partial charge in [0.15, 0.2) is 0 Å². The highest BCUT2D eigenvalue weighted by atomic mass is 32.1. The van der Waals surface area contributed by atoms with Crippen LogP contribution in [0.2, 0.25) is 0 Å². The maximum atomic E-state index is 12.5. The second-order valence-electron chi connectivity index (χ2n) is 6.44. The molecule has 0 aliphatic heterocycles. The Morgan fingerprint density at radius 2 is 2.08 bits per heavy atom. The SMILES string of the molecule is Cc1ccccc1NC(=O)Cc1nc2sc3c(c2c(=O)[nH]1)CCCC3. The topological polar surface area (TPSA) is 74.8 Å². The number of nitrogens with one attached hydrogen (secondary N) is 2. The van der Waals surface area contributed by atoms with Crippen molar-refractivity contribution >= 4 is 33.1 Å². The van der Waals surface area contributed by atoms with Crippen LogP contribution in [0, 0.1) is 6.92 Å². The molecule has 6 heteroatoms. The monoisotopic (exact) mass is 353 g/mol. The van der Waals surface area contributed by atoms with Gasteiger partial charge in [-0.15, -0.1) is 11.3 Å². The lowest BCUT2D eigenvalue weighted by molar-refractivity contribution is -0.115. The molecule has 2 heterocycles. The van der Waals surface area contributed by atoms with Gasteiger partial charge in [-0.05, 0) is 49.8 Å². The number of rotatable bonds is 3. The Balaban J connectivity index is 1.61. The number of fused-ring (bicyclic) bond motifs is 3. The van der Waals surface area contributed by atoms with Crippen LogP contribution in [0.1, 0.15) is 34.7 Å². The fourth-order valence-corrected chi connectivity index (χ4v) is 4.63. The summed E-state index contributed by atoms with van der Waals surface area (Å²) < 4.78 is 0. The predicted octanol–water partition coefficient (Wildman–Crippen LogP) is 3.35. The lowest BCUT2D eigenvalue weighted by atomic mass is 9.97. The Bertz CT molecular complexity index is 1020. The molecule has 1 aliphatic carbocycles. The van der Waals surface area contributed by atoms with Crippen molar-refractivity contribution in [2.24, 2.45) is 0 Å². The molecular formula is C19H19N3O2S. The van der Waals surface area contributed by atoms with Gasteiger partial charge in [-0.1, -0.05) is 18.2 Å². The molecule has 0 fully saturated rings. The van der Waals surface area contributed by atoms with Crippen LogP contribution in [-0.2, 0) is 24.1 Å². The fourth-order valence-electron chi connectivity index (χ4n) is 3.35. The van der Waals surface area contributed by atoms with E-state index in [-0.39, 0.29) is 17.9 Å². The minimum Gasteiger partial charge on any atom is -0.325 e. The van der Waals surface area contributed by atoms with Gasteiger partial charge in [0.1, 0.15) is 10.7 Å². The molecule has 0 saturated carbocycles. The first-order chi connectivity index (χ1) is 12.1. The Hall–Kier alpha value is -2.47. The normalized spacial score (nSPS) is 13.6. The van der Waals surface area contributed by atoms with E-state index in [1.54, 1.807) is 11.3 Å². The third-order valence-corrected chi connectivity index (χ3v) is 5.81. The highest BCUT2D eigenvalue weighted by molar-refractivity contribution is 7.18. The van der Waals surface area contributed by atoms with Crippen molar-refractivity contribution in [2.75, 3.05) is 5.32 Å². The number of carbonyl (C=O) groups is 1. The average molecular weight is 353 g/mol. The van der Waals surface area contributed by atoms with Crippen molar-refractivity contribution in [3.05, 3.63) is 56.4 Å². The standard InChI is InChI=1S/C19H19N3O2S/c1-11-6-2-4-8-13(11)20-16(23)10-15-21-18(24)17-12-7-3-5-9-14(12)25-19(17)22-15/h2,4,6,8H,3,5,7,9-10H2,1H3,(H,20,23)(H,21,22,24). The number of benzene rings is 1. The first-order valence-corrected chi connectivity index (χ1v) is 9.32. The lowest BCUT2D eigenvalue weighted by Gasteiger charge is -2.09. The van der Waals surface area contributed by atoms with Gasteiger partial charge < -0.3 is 10.3 Å². The molecule has 1 aromatic carbocycles. The minimum absolute atomic E-state index is 0.0576. The van der Waals surface area contributed by atoms with E-state index in [4.69, 9.17) is 0 Å². The van der Waals surface area contributed by atoms with E-state index in [1.165, 1.54) is 11.3 Å². The van der Waals surface area contributed by atoms with Crippen LogP contribution in [0.5, 0.6) is 0 Å². The molecule has 4 rings (SSSR count). The highest BCUT2D eigenvalue weighted by Gasteiger charge is 2.20. The number of H-pyrrole nitrogens is 1. The first-order valence-electron chi connectivity index (χ1n) is 8.51. The molecule has 1 amide bonds. The zero-order chi connectivity index (χ0) is 17.4. The molecule has 0 bridgehead atoms. The molecule has 0 atom stereocenters. The number of carbonyl (C=O) groups excluding carboxylic acids is 1. The van der Waals surface area contributed by atoms with E-state index in [2.05, 4.69) is 15.3 Å². The molecule has 0 unspecified atom stereocenters. The van der Waals surface area contributed by atoms with Crippen molar-refractivity contribution in [3.63, 3.8) is 0 Å². The Labute approximate surface area is 149 Å². The molecule has 0 radical (unpaired) electrons. The van der Waals surface area contributed by atoms with Gasteiger partial charge in [-0.2, -0.15) is 0 Å². The molecule has 128 valence electrons. The van der Waals surface area contributed by atoms with E-state index in [1.807, 2.05) is 31.2 Å². The van der Waals surface area contributed by atoms with Crippen molar-refractivity contribution < 1.29 is 4.79 Å². The van der Waals surface area contributed by atoms with Gasteiger partial charge in [-0.3, -0.25) is 9.59 Å².